The molecule has 0 aliphatic carbocycles. The summed E-state index contributed by atoms with van der Waals surface area (Å²) in [5, 5.41) is 6.15. The van der Waals surface area contributed by atoms with Crippen molar-refractivity contribution in [2.24, 2.45) is 0 Å². The molecule has 0 bridgehead atoms. The first-order chi connectivity index (χ1) is 6.76. The third kappa shape index (κ3) is 3.18. The van der Waals surface area contributed by atoms with E-state index < -0.39 is 0 Å². The third-order valence-corrected chi connectivity index (χ3v) is 1.73. The zero-order chi connectivity index (χ0) is 10.4. The highest BCUT2D eigenvalue weighted by molar-refractivity contribution is 5.46. The molecular formula is C9H16N4O. The smallest absolute Gasteiger partial charge is 0.131 e. The van der Waals surface area contributed by atoms with Crippen LogP contribution in [0.5, 0.6) is 0 Å². The van der Waals surface area contributed by atoms with Crippen LogP contribution < -0.4 is 10.6 Å². The van der Waals surface area contributed by atoms with Crippen molar-refractivity contribution in [3.63, 3.8) is 0 Å². The Morgan fingerprint density at radius 3 is 2.79 bits per heavy atom. The van der Waals surface area contributed by atoms with Gasteiger partial charge in [0.25, 0.3) is 0 Å². The molecule has 0 saturated heterocycles. The van der Waals surface area contributed by atoms with Gasteiger partial charge < -0.3 is 15.4 Å². The van der Waals surface area contributed by atoms with Crippen molar-refractivity contribution in [1.29, 1.82) is 0 Å². The molecule has 5 nitrogen and oxygen atoms in total. The Kier molecular flexibility index (Phi) is 4.12. The molecule has 0 radical (unpaired) electrons. The number of nitrogens with one attached hydrogen (secondary N) is 2. The summed E-state index contributed by atoms with van der Waals surface area (Å²) < 4.78 is 5.01. The molecule has 1 atom stereocenters. The highest BCUT2D eigenvalue weighted by Crippen LogP contribution is 2.08. The van der Waals surface area contributed by atoms with E-state index in [-0.39, 0.29) is 6.04 Å². The van der Waals surface area contributed by atoms with Crippen LogP contribution >= 0.6 is 0 Å². The minimum absolute atomic E-state index is 0.236. The normalized spacial score (nSPS) is 12.2. The third-order valence-electron chi connectivity index (χ3n) is 1.73. The SMILES string of the molecule is CNc1cc(N[C@H](C)COC)ncn1. The lowest BCUT2D eigenvalue weighted by atomic mass is 10.3. The van der Waals surface area contributed by atoms with Gasteiger partial charge in [0.1, 0.15) is 18.0 Å². The number of anilines is 2. The summed E-state index contributed by atoms with van der Waals surface area (Å²) in [6, 6.07) is 2.09. The highest BCUT2D eigenvalue weighted by atomic mass is 16.5. The maximum Gasteiger partial charge on any atom is 0.131 e. The number of aromatic nitrogens is 2. The summed E-state index contributed by atoms with van der Waals surface area (Å²) in [6.45, 7) is 2.68. The summed E-state index contributed by atoms with van der Waals surface area (Å²) in [5.74, 6) is 1.60. The molecule has 5 heteroatoms. The summed E-state index contributed by atoms with van der Waals surface area (Å²) in [4.78, 5) is 8.11. The highest BCUT2D eigenvalue weighted by Gasteiger charge is 2.02. The number of rotatable bonds is 5. The lowest BCUT2D eigenvalue weighted by Gasteiger charge is -2.13. The lowest BCUT2D eigenvalue weighted by molar-refractivity contribution is 0.190. The Hall–Kier alpha value is -1.36. The fourth-order valence-electron chi connectivity index (χ4n) is 1.12. The van der Waals surface area contributed by atoms with Crippen LogP contribution in [-0.4, -0.2) is 36.8 Å². The van der Waals surface area contributed by atoms with E-state index in [1.54, 1.807) is 7.11 Å². The lowest BCUT2D eigenvalue weighted by Crippen LogP contribution is -2.21. The maximum atomic E-state index is 5.01. The molecule has 1 heterocycles. The van der Waals surface area contributed by atoms with E-state index in [2.05, 4.69) is 20.6 Å². The van der Waals surface area contributed by atoms with Crippen molar-refractivity contribution in [1.82, 2.24) is 9.97 Å². The van der Waals surface area contributed by atoms with Crippen molar-refractivity contribution in [3.05, 3.63) is 12.4 Å². The van der Waals surface area contributed by atoms with E-state index in [4.69, 9.17) is 4.74 Å². The average molecular weight is 196 g/mol. The van der Waals surface area contributed by atoms with Crippen LogP contribution in [0.2, 0.25) is 0 Å². The van der Waals surface area contributed by atoms with Gasteiger partial charge in [-0.25, -0.2) is 9.97 Å². The van der Waals surface area contributed by atoms with Crippen LogP contribution in [0, 0.1) is 0 Å². The molecule has 0 saturated carbocycles. The number of hydrogen-bond acceptors (Lipinski definition) is 5. The molecule has 0 aliphatic heterocycles. The minimum atomic E-state index is 0.236. The van der Waals surface area contributed by atoms with E-state index >= 15 is 0 Å². The molecule has 0 fully saturated rings. The predicted molar refractivity (Wildman–Crippen MR) is 56.5 cm³/mol. The zero-order valence-electron chi connectivity index (χ0n) is 8.74. The molecule has 0 aliphatic rings. The van der Waals surface area contributed by atoms with Crippen molar-refractivity contribution in [2.75, 3.05) is 31.4 Å². The molecule has 1 aromatic rings. The van der Waals surface area contributed by atoms with Gasteiger partial charge in [-0.3, -0.25) is 0 Å². The van der Waals surface area contributed by atoms with Gasteiger partial charge in [-0.2, -0.15) is 0 Å². The molecule has 0 aromatic carbocycles. The van der Waals surface area contributed by atoms with Gasteiger partial charge in [0.15, 0.2) is 0 Å². The first-order valence-corrected chi connectivity index (χ1v) is 4.51. The summed E-state index contributed by atoms with van der Waals surface area (Å²) in [6.07, 6.45) is 1.52. The number of methoxy groups -OCH3 is 1. The molecule has 0 spiro atoms. The summed E-state index contributed by atoms with van der Waals surface area (Å²) in [7, 11) is 3.50. The molecular weight excluding hydrogens is 180 g/mol. The van der Waals surface area contributed by atoms with Crippen LogP contribution in [0.3, 0.4) is 0 Å². The van der Waals surface area contributed by atoms with E-state index in [1.807, 2.05) is 20.0 Å². The second-order valence-corrected chi connectivity index (χ2v) is 3.04. The van der Waals surface area contributed by atoms with Crippen molar-refractivity contribution >= 4 is 11.6 Å². The van der Waals surface area contributed by atoms with Crippen LogP contribution in [0.1, 0.15) is 6.92 Å². The molecule has 2 N–H and O–H groups in total. The van der Waals surface area contributed by atoms with E-state index in [9.17, 15) is 0 Å². The van der Waals surface area contributed by atoms with Crippen LogP contribution in [0.25, 0.3) is 0 Å². The first-order valence-electron chi connectivity index (χ1n) is 4.51. The fraction of sp³-hybridized carbons (Fsp3) is 0.556. The predicted octanol–water partition coefficient (Wildman–Crippen LogP) is 0.965. The fourth-order valence-corrected chi connectivity index (χ4v) is 1.12. The molecule has 1 rings (SSSR count). The average Bonchev–Trinajstić information content (AvgIpc) is 2.18. The van der Waals surface area contributed by atoms with Crippen LogP contribution in [-0.2, 0) is 4.74 Å². The molecule has 14 heavy (non-hydrogen) atoms. The first kappa shape index (κ1) is 10.7. The van der Waals surface area contributed by atoms with Gasteiger partial charge in [0, 0.05) is 26.3 Å². The second kappa shape index (κ2) is 5.39. The van der Waals surface area contributed by atoms with Gasteiger partial charge in [0.05, 0.1) is 6.61 Å². The summed E-state index contributed by atoms with van der Waals surface area (Å²) >= 11 is 0. The zero-order valence-corrected chi connectivity index (χ0v) is 8.74. The number of hydrogen-bond donors (Lipinski definition) is 2. The van der Waals surface area contributed by atoms with Crippen LogP contribution in [0.15, 0.2) is 12.4 Å². The molecule has 1 aromatic heterocycles. The Morgan fingerprint density at radius 1 is 1.43 bits per heavy atom. The Bertz CT molecular complexity index is 279. The quantitative estimate of drug-likeness (QED) is 0.734. The molecule has 78 valence electrons. The van der Waals surface area contributed by atoms with E-state index in [0.29, 0.717) is 6.61 Å². The van der Waals surface area contributed by atoms with Crippen molar-refractivity contribution in [3.8, 4) is 0 Å². The second-order valence-electron chi connectivity index (χ2n) is 3.04. The Balaban J connectivity index is 2.57. The maximum absolute atomic E-state index is 5.01. The Labute approximate surface area is 83.9 Å². The standard InChI is InChI=1S/C9H16N4O/c1-7(5-14-3)13-9-4-8(10-2)11-6-12-9/h4,6-7H,5H2,1-3H3,(H2,10,11,12,13)/t7-/m1/s1. The van der Waals surface area contributed by atoms with Crippen LogP contribution in [0.4, 0.5) is 11.6 Å². The number of ether oxygens (including phenoxy) is 1. The van der Waals surface area contributed by atoms with Gasteiger partial charge in [-0.15, -0.1) is 0 Å². The van der Waals surface area contributed by atoms with Crippen molar-refractivity contribution in [2.45, 2.75) is 13.0 Å². The molecule has 0 amide bonds. The van der Waals surface area contributed by atoms with Gasteiger partial charge >= 0.3 is 0 Å². The van der Waals surface area contributed by atoms with Gasteiger partial charge in [-0.05, 0) is 6.92 Å². The minimum Gasteiger partial charge on any atom is -0.383 e. The van der Waals surface area contributed by atoms with E-state index in [1.165, 1.54) is 6.33 Å². The van der Waals surface area contributed by atoms with Crippen molar-refractivity contribution < 1.29 is 4.74 Å². The molecule has 0 unspecified atom stereocenters. The van der Waals surface area contributed by atoms with Gasteiger partial charge in [-0.1, -0.05) is 0 Å². The topological polar surface area (TPSA) is 59.1 Å². The Morgan fingerprint density at radius 2 is 2.14 bits per heavy atom. The van der Waals surface area contributed by atoms with E-state index in [0.717, 1.165) is 11.6 Å². The monoisotopic (exact) mass is 196 g/mol. The summed E-state index contributed by atoms with van der Waals surface area (Å²) in [5.41, 5.74) is 0. The largest absolute Gasteiger partial charge is 0.383 e. The number of nitrogens with zero attached hydrogens (tertiary/aromatic N) is 2. The van der Waals surface area contributed by atoms with Gasteiger partial charge in [0.2, 0.25) is 0 Å².